The Morgan fingerprint density at radius 3 is 2.45 bits per heavy atom. The van der Waals surface area contributed by atoms with Gasteiger partial charge in [0.05, 0.1) is 0 Å². The molecule has 2 saturated heterocycles. The summed E-state index contributed by atoms with van der Waals surface area (Å²) >= 11 is 0. The summed E-state index contributed by atoms with van der Waals surface area (Å²) in [6.45, 7) is 3.91. The normalized spacial score (nSPS) is 20.8. The van der Waals surface area contributed by atoms with Crippen LogP contribution in [0.5, 0.6) is 0 Å². The molecule has 1 aromatic rings. The molecule has 2 fully saturated rings. The predicted octanol–water partition coefficient (Wildman–Crippen LogP) is 2.10. The number of benzene rings is 1. The van der Waals surface area contributed by atoms with Gasteiger partial charge in [0.15, 0.2) is 0 Å². The van der Waals surface area contributed by atoms with Crippen LogP contribution < -0.4 is 10.2 Å². The number of likely N-dealkylation sites (N-methyl/N-ethyl adjacent to an activating group) is 1. The minimum atomic E-state index is 0.108. The Bertz CT molecular complexity index is 465. The molecule has 108 valence electrons. The first-order chi connectivity index (χ1) is 9.74. The lowest BCUT2D eigenvalue weighted by Gasteiger charge is -2.23. The Balaban J connectivity index is 1.64. The fraction of sp³-hybridized carbons (Fsp3) is 0.562. The molecule has 0 atom stereocenters. The molecule has 4 nitrogen and oxygen atoms in total. The second-order valence-corrected chi connectivity index (χ2v) is 5.92. The topological polar surface area (TPSA) is 35.6 Å². The molecule has 1 N–H and O–H groups in total. The number of amides is 2. The second kappa shape index (κ2) is 5.83. The van der Waals surface area contributed by atoms with Crippen molar-refractivity contribution in [2.45, 2.75) is 19.3 Å². The lowest BCUT2D eigenvalue weighted by Crippen LogP contribution is -2.29. The van der Waals surface area contributed by atoms with Crippen LogP contribution >= 0.6 is 0 Å². The third-order valence-corrected chi connectivity index (χ3v) is 4.45. The van der Waals surface area contributed by atoms with Crippen LogP contribution in [0.25, 0.3) is 0 Å². The van der Waals surface area contributed by atoms with Crippen molar-refractivity contribution >= 4 is 11.7 Å². The van der Waals surface area contributed by atoms with Gasteiger partial charge in [-0.05, 0) is 56.0 Å². The maximum atomic E-state index is 12.0. The quantitative estimate of drug-likeness (QED) is 0.915. The lowest BCUT2D eigenvalue weighted by molar-refractivity contribution is 0.229. The Hall–Kier alpha value is -1.55. The zero-order valence-electron chi connectivity index (χ0n) is 12.1. The summed E-state index contributed by atoms with van der Waals surface area (Å²) in [6, 6.07) is 8.66. The van der Waals surface area contributed by atoms with Crippen molar-refractivity contribution in [1.29, 1.82) is 0 Å². The summed E-state index contributed by atoms with van der Waals surface area (Å²) in [4.78, 5) is 15.6. The summed E-state index contributed by atoms with van der Waals surface area (Å²) in [5.74, 6) is 0.807. The third-order valence-electron chi connectivity index (χ3n) is 4.45. The Morgan fingerprint density at radius 1 is 1.15 bits per heavy atom. The maximum absolute atomic E-state index is 12.0. The van der Waals surface area contributed by atoms with Gasteiger partial charge in [-0.3, -0.25) is 4.90 Å². The van der Waals surface area contributed by atoms with Crippen molar-refractivity contribution in [3.8, 4) is 0 Å². The highest BCUT2D eigenvalue weighted by Crippen LogP contribution is 2.23. The van der Waals surface area contributed by atoms with E-state index in [-0.39, 0.29) is 6.03 Å². The molecular formula is C16H23N3O. The van der Waals surface area contributed by atoms with Crippen LogP contribution in [0.1, 0.15) is 18.4 Å². The number of urea groups is 1. The average Bonchev–Trinajstić information content (AvgIpc) is 2.81. The van der Waals surface area contributed by atoms with Gasteiger partial charge in [0.25, 0.3) is 0 Å². The van der Waals surface area contributed by atoms with Crippen molar-refractivity contribution in [2.24, 2.45) is 5.92 Å². The molecule has 1 aromatic carbocycles. The van der Waals surface area contributed by atoms with Gasteiger partial charge < -0.3 is 10.2 Å². The maximum Gasteiger partial charge on any atom is 0.324 e. The van der Waals surface area contributed by atoms with E-state index in [0.717, 1.165) is 44.2 Å². The highest BCUT2D eigenvalue weighted by molar-refractivity contribution is 5.93. The number of hydrogen-bond acceptors (Lipinski definition) is 2. The van der Waals surface area contributed by atoms with Crippen molar-refractivity contribution < 1.29 is 4.79 Å². The minimum Gasteiger partial charge on any atom is -0.326 e. The van der Waals surface area contributed by atoms with Crippen LogP contribution in [0.3, 0.4) is 0 Å². The standard InChI is InChI=1S/C16H23N3O/c1-18-10-11-19(16(18)20)15-4-2-13(3-5-15)12-14-6-8-17-9-7-14/h2-5,14,17H,6-12H2,1H3. The number of nitrogens with one attached hydrogen (secondary N) is 1. The van der Waals surface area contributed by atoms with Gasteiger partial charge in [0.1, 0.15) is 0 Å². The summed E-state index contributed by atoms with van der Waals surface area (Å²) in [7, 11) is 1.85. The van der Waals surface area contributed by atoms with Crippen molar-refractivity contribution in [3.63, 3.8) is 0 Å². The van der Waals surface area contributed by atoms with Gasteiger partial charge in [-0.25, -0.2) is 4.79 Å². The van der Waals surface area contributed by atoms with Crippen LogP contribution in [0, 0.1) is 5.92 Å². The molecule has 2 aliphatic rings. The third kappa shape index (κ3) is 2.80. The van der Waals surface area contributed by atoms with Crippen LogP contribution in [0.2, 0.25) is 0 Å². The molecule has 0 saturated carbocycles. The summed E-state index contributed by atoms with van der Waals surface area (Å²) in [6.07, 6.45) is 3.71. The second-order valence-electron chi connectivity index (χ2n) is 5.92. The van der Waals surface area contributed by atoms with Gasteiger partial charge in [0.2, 0.25) is 0 Å². The number of anilines is 1. The molecule has 3 rings (SSSR count). The number of nitrogens with zero attached hydrogens (tertiary/aromatic N) is 2. The molecular weight excluding hydrogens is 250 g/mol. The molecule has 0 unspecified atom stereocenters. The van der Waals surface area contributed by atoms with E-state index in [4.69, 9.17) is 0 Å². The molecule has 4 heteroatoms. The highest BCUT2D eigenvalue weighted by Gasteiger charge is 2.26. The van der Waals surface area contributed by atoms with E-state index >= 15 is 0 Å². The number of carbonyl (C=O) groups is 1. The van der Waals surface area contributed by atoms with Gasteiger partial charge in [-0.1, -0.05) is 12.1 Å². The van der Waals surface area contributed by atoms with Crippen molar-refractivity contribution in [2.75, 3.05) is 38.1 Å². The molecule has 2 heterocycles. The van der Waals surface area contributed by atoms with E-state index in [1.807, 2.05) is 11.9 Å². The van der Waals surface area contributed by atoms with Crippen LogP contribution in [0.4, 0.5) is 10.5 Å². The smallest absolute Gasteiger partial charge is 0.324 e. The number of rotatable bonds is 3. The molecule has 20 heavy (non-hydrogen) atoms. The largest absolute Gasteiger partial charge is 0.326 e. The highest BCUT2D eigenvalue weighted by atomic mass is 16.2. The van der Waals surface area contributed by atoms with Gasteiger partial charge in [-0.2, -0.15) is 0 Å². The number of carbonyl (C=O) groups excluding carboxylic acids is 1. The van der Waals surface area contributed by atoms with Gasteiger partial charge in [0, 0.05) is 25.8 Å². The molecule has 0 spiro atoms. The fourth-order valence-electron chi connectivity index (χ4n) is 3.12. The molecule has 0 radical (unpaired) electrons. The number of piperidine rings is 1. The van der Waals surface area contributed by atoms with Gasteiger partial charge >= 0.3 is 6.03 Å². The summed E-state index contributed by atoms with van der Waals surface area (Å²) < 4.78 is 0. The molecule has 2 aliphatic heterocycles. The van der Waals surface area contributed by atoms with E-state index in [1.54, 1.807) is 4.90 Å². The average molecular weight is 273 g/mol. The van der Waals surface area contributed by atoms with Crippen LogP contribution in [-0.4, -0.2) is 44.2 Å². The minimum absolute atomic E-state index is 0.108. The molecule has 0 aliphatic carbocycles. The number of hydrogen-bond donors (Lipinski definition) is 1. The van der Waals surface area contributed by atoms with E-state index < -0.39 is 0 Å². The van der Waals surface area contributed by atoms with Crippen molar-refractivity contribution in [1.82, 2.24) is 10.2 Å². The summed E-state index contributed by atoms with van der Waals surface area (Å²) in [5, 5.41) is 3.41. The Kier molecular flexibility index (Phi) is 3.92. The van der Waals surface area contributed by atoms with E-state index in [1.165, 1.54) is 18.4 Å². The first-order valence-electron chi connectivity index (χ1n) is 7.56. The van der Waals surface area contributed by atoms with E-state index in [0.29, 0.717) is 0 Å². The van der Waals surface area contributed by atoms with Crippen molar-refractivity contribution in [3.05, 3.63) is 29.8 Å². The van der Waals surface area contributed by atoms with Gasteiger partial charge in [-0.15, -0.1) is 0 Å². The Labute approximate surface area is 120 Å². The monoisotopic (exact) mass is 273 g/mol. The first kappa shape index (κ1) is 13.4. The molecule has 0 aromatic heterocycles. The predicted molar refractivity (Wildman–Crippen MR) is 81.1 cm³/mol. The zero-order valence-corrected chi connectivity index (χ0v) is 12.1. The first-order valence-corrected chi connectivity index (χ1v) is 7.56. The van der Waals surface area contributed by atoms with Crippen LogP contribution in [0.15, 0.2) is 24.3 Å². The summed E-state index contributed by atoms with van der Waals surface area (Å²) in [5.41, 5.74) is 2.41. The lowest BCUT2D eigenvalue weighted by atomic mass is 9.91. The molecule has 2 amide bonds. The SMILES string of the molecule is CN1CCN(c2ccc(CC3CCNCC3)cc2)C1=O. The Morgan fingerprint density at radius 2 is 1.85 bits per heavy atom. The van der Waals surface area contributed by atoms with E-state index in [9.17, 15) is 4.79 Å². The fourth-order valence-corrected chi connectivity index (χ4v) is 3.12. The molecule has 0 bridgehead atoms. The van der Waals surface area contributed by atoms with Crippen LogP contribution in [-0.2, 0) is 6.42 Å². The van der Waals surface area contributed by atoms with E-state index in [2.05, 4.69) is 29.6 Å². The zero-order chi connectivity index (χ0) is 13.9.